The van der Waals surface area contributed by atoms with Gasteiger partial charge in [-0.2, -0.15) is 0 Å². The van der Waals surface area contributed by atoms with E-state index in [1.807, 2.05) is 30.3 Å². The van der Waals surface area contributed by atoms with Crippen LogP contribution in [0.5, 0.6) is 17.4 Å². The largest absolute Gasteiger partial charge is 0.497 e. The molecular formula is C15H11ClN2O2. The van der Waals surface area contributed by atoms with Crippen LogP contribution in [0.3, 0.4) is 0 Å². The molecule has 3 aromatic rings. The highest BCUT2D eigenvalue weighted by atomic mass is 35.5. The van der Waals surface area contributed by atoms with Crippen molar-refractivity contribution in [1.82, 2.24) is 9.97 Å². The van der Waals surface area contributed by atoms with Gasteiger partial charge in [0.2, 0.25) is 5.88 Å². The Morgan fingerprint density at radius 1 is 0.950 bits per heavy atom. The fourth-order valence-electron chi connectivity index (χ4n) is 1.78. The van der Waals surface area contributed by atoms with E-state index in [9.17, 15) is 0 Å². The van der Waals surface area contributed by atoms with E-state index in [1.165, 1.54) is 0 Å². The minimum Gasteiger partial charge on any atom is -0.497 e. The number of benzene rings is 2. The highest BCUT2D eigenvalue weighted by molar-refractivity contribution is 6.31. The first-order valence-electron chi connectivity index (χ1n) is 5.99. The normalized spacial score (nSPS) is 10.5. The van der Waals surface area contributed by atoms with Crippen LogP contribution in [0.1, 0.15) is 0 Å². The Balaban J connectivity index is 1.88. The van der Waals surface area contributed by atoms with Crippen molar-refractivity contribution in [3.05, 3.63) is 53.7 Å². The van der Waals surface area contributed by atoms with E-state index in [4.69, 9.17) is 21.1 Å². The number of aromatic nitrogens is 2. The minimum absolute atomic E-state index is 0.435. The highest BCUT2D eigenvalue weighted by Crippen LogP contribution is 2.24. The van der Waals surface area contributed by atoms with E-state index < -0.39 is 0 Å². The number of nitrogens with zero attached hydrogens (tertiary/aromatic N) is 2. The van der Waals surface area contributed by atoms with Crippen LogP contribution >= 0.6 is 11.6 Å². The molecule has 0 aliphatic heterocycles. The molecule has 1 aromatic heterocycles. The van der Waals surface area contributed by atoms with Crippen molar-refractivity contribution in [3.63, 3.8) is 0 Å². The summed E-state index contributed by atoms with van der Waals surface area (Å²) in [6, 6.07) is 12.6. The van der Waals surface area contributed by atoms with Crippen LogP contribution in [-0.2, 0) is 0 Å². The second-order valence-electron chi connectivity index (χ2n) is 4.12. The van der Waals surface area contributed by atoms with Crippen LogP contribution in [0.15, 0.2) is 48.7 Å². The van der Waals surface area contributed by atoms with Gasteiger partial charge in [0, 0.05) is 5.02 Å². The lowest BCUT2D eigenvalue weighted by Gasteiger charge is -2.06. The van der Waals surface area contributed by atoms with Gasteiger partial charge in [-0.15, -0.1) is 0 Å². The Bertz CT molecular complexity index is 744. The SMILES string of the molecule is COc1ccc(Oc2cnc3cc(Cl)ccc3n2)cc1. The summed E-state index contributed by atoms with van der Waals surface area (Å²) in [5.74, 6) is 1.88. The Morgan fingerprint density at radius 3 is 2.45 bits per heavy atom. The lowest BCUT2D eigenvalue weighted by atomic mass is 10.3. The zero-order chi connectivity index (χ0) is 13.9. The van der Waals surface area contributed by atoms with Crippen molar-refractivity contribution in [2.24, 2.45) is 0 Å². The predicted molar refractivity (Wildman–Crippen MR) is 77.6 cm³/mol. The molecule has 20 heavy (non-hydrogen) atoms. The van der Waals surface area contributed by atoms with Crippen molar-refractivity contribution in [1.29, 1.82) is 0 Å². The lowest BCUT2D eigenvalue weighted by Crippen LogP contribution is -1.91. The molecule has 0 N–H and O–H groups in total. The summed E-state index contributed by atoms with van der Waals surface area (Å²) < 4.78 is 10.7. The molecule has 0 atom stereocenters. The Kier molecular flexibility index (Phi) is 3.39. The third-order valence-corrected chi connectivity index (χ3v) is 3.00. The molecule has 3 rings (SSSR count). The third-order valence-electron chi connectivity index (χ3n) is 2.76. The number of hydrogen-bond donors (Lipinski definition) is 0. The summed E-state index contributed by atoms with van der Waals surface area (Å²) >= 11 is 5.91. The van der Waals surface area contributed by atoms with Gasteiger partial charge in [-0.25, -0.2) is 9.97 Å². The van der Waals surface area contributed by atoms with Gasteiger partial charge < -0.3 is 9.47 Å². The molecule has 0 aliphatic carbocycles. The van der Waals surface area contributed by atoms with E-state index in [1.54, 1.807) is 25.4 Å². The summed E-state index contributed by atoms with van der Waals surface area (Å²) in [6.45, 7) is 0. The summed E-state index contributed by atoms with van der Waals surface area (Å²) in [4.78, 5) is 8.65. The van der Waals surface area contributed by atoms with Crippen LogP contribution in [-0.4, -0.2) is 17.1 Å². The fourth-order valence-corrected chi connectivity index (χ4v) is 1.95. The van der Waals surface area contributed by atoms with Gasteiger partial charge >= 0.3 is 0 Å². The standard InChI is InChI=1S/C15H11ClN2O2/c1-19-11-3-5-12(6-4-11)20-15-9-17-14-8-10(16)2-7-13(14)18-15/h2-9H,1H3. The topological polar surface area (TPSA) is 44.2 Å². The van der Waals surface area contributed by atoms with Crippen LogP contribution in [0.2, 0.25) is 5.02 Å². The molecule has 0 bridgehead atoms. The smallest absolute Gasteiger partial charge is 0.238 e. The third kappa shape index (κ3) is 2.65. The van der Waals surface area contributed by atoms with Gasteiger partial charge in [0.15, 0.2) is 0 Å². The molecule has 0 unspecified atom stereocenters. The number of fused-ring (bicyclic) bond motifs is 1. The predicted octanol–water partition coefficient (Wildman–Crippen LogP) is 4.08. The number of hydrogen-bond acceptors (Lipinski definition) is 4. The van der Waals surface area contributed by atoms with E-state index in [0.717, 1.165) is 16.8 Å². The molecule has 0 radical (unpaired) electrons. The molecule has 0 aliphatic rings. The Hall–Kier alpha value is -2.33. The van der Waals surface area contributed by atoms with Gasteiger partial charge in [-0.1, -0.05) is 11.6 Å². The molecule has 100 valence electrons. The second-order valence-corrected chi connectivity index (χ2v) is 4.56. The van der Waals surface area contributed by atoms with Crippen molar-refractivity contribution in [2.45, 2.75) is 0 Å². The molecule has 4 nitrogen and oxygen atoms in total. The number of methoxy groups -OCH3 is 1. The highest BCUT2D eigenvalue weighted by Gasteiger charge is 2.03. The average molecular weight is 287 g/mol. The minimum atomic E-state index is 0.435. The van der Waals surface area contributed by atoms with E-state index in [-0.39, 0.29) is 0 Å². The molecular weight excluding hydrogens is 276 g/mol. The molecule has 0 spiro atoms. The summed E-state index contributed by atoms with van der Waals surface area (Å²) in [7, 11) is 1.62. The lowest BCUT2D eigenvalue weighted by molar-refractivity contribution is 0.412. The van der Waals surface area contributed by atoms with Gasteiger partial charge in [0.25, 0.3) is 0 Å². The zero-order valence-corrected chi connectivity index (χ0v) is 11.5. The van der Waals surface area contributed by atoms with Crippen molar-refractivity contribution in [3.8, 4) is 17.4 Å². The van der Waals surface area contributed by atoms with Crippen molar-refractivity contribution >= 4 is 22.6 Å². The number of rotatable bonds is 3. The Morgan fingerprint density at radius 2 is 1.70 bits per heavy atom. The van der Waals surface area contributed by atoms with Crippen LogP contribution < -0.4 is 9.47 Å². The first-order chi connectivity index (χ1) is 9.74. The molecule has 0 fully saturated rings. The average Bonchev–Trinajstić information content (AvgIpc) is 2.48. The summed E-state index contributed by atoms with van der Waals surface area (Å²) in [5.41, 5.74) is 1.47. The number of halogens is 1. The van der Waals surface area contributed by atoms with E-state index >= 15 is 0 Å². The maximum atomic E-state index is 5.91. The monoisotopic (exact) mass is 286 g/mol. The van der Waals surface area contributed by atoms with Gasteiger partial charge in [0.1, 0.15) is 11.5 Å². The molecule has 0 saturated carbocycles. The first kappa shape index (κ1) is 12.7. The van der Waals surface area contributed by atoms with Gasteiger partial charge in [-0.05, 0) is 42.5 Å². The Labute approximate surface area is 121 Å². The molecule has 1 heterocycles. The zero-order valence-electron chi connectivity index (χ0n) is 10.7. The van der Waals surface area contributed by atoms with E-state index in [2.05, 4.69) is 9.97 Å². The van der Waals surface area contributed by atoms with Crippen LogP contribution in [0.25, 0.3) is 11.0 Å². The van der Waals surface area contributed by atoms with Crippen LogP contribution in [0, 0.1) is 0 Å². The summed E-state index contributed by atoms with van der Waals surface area (Å²) in [6.07, 6.45) is 1.57. The first-order valence-corrected chi connectivity index (χ1v) is 6.36. The maximum absolute atomic E-state index is 5.91. The van der Waals surface area contributed by atoms with Crippen LogP contribution in [0.4, 0.5) is 0 Å². The molecule has 5 heteroatoms. The van der Waals surface area contributed by atoms with E-state index in [0.29, 0.717) is 16.7 Å². The number of ether oxygens (including phenoxy) is 2. The second kappa shape index (κ2) is 5.35. The van der Waals surface area contributed by atoms with Gasteiger partial charge in [-0.3, -0.25) is 0 Å². The fraction of sp³-hybridized carbons (Fsp3) is 0.0667. The van der Waals surface area contributed by atoms with Crippen molar-refractivity contribution < 1.29 is 9.47 Å². The van der Waals surface area contributed by atoms with Crippen molar-refractivity contribution in [2.75, 3.05) is 7.11 Å². The van der Waals surface area contributed by atoms with Gasteiger partial charge in [0.05, 0.1) is 24.3 Å². The molecule has 0 saturated heterocycles. The maximum Gasteiger partial charge on any atom is 0.238 e. The molecule has 0 amide bonds. The molecule has 2 aromatic carbocycles. The quantitative estimate of drug-likeness (QED) is 0.727. The summed E-state index contributed by atoms with van der Waals surface area (Å²) in [5, 5.41) is 0.635.